The summed E-state index contributed by atoms with van der Waals surface area (Å²) in [4.78, 5) is 10.7. The van der Waals surface area contributed by atoms with Crippen molar-refractivity contribution >= 4 is 6.29 Å². The highest BCUT2D eigenvalue weighted by Crippen LogP contribution is 2.31. The SMILES string of the molecule is C=CCc1cc(C=O)cc(OCCC)c1O. The van der Waals surface area contributed by atoms with Crippen molar-refractivity contribution in [3.05, 3.63) is 35.9 Å². The Balaban J connectivity index is 3.08. The summed E-state index contributed by atoms with van der Waals surface area (Å²) in [7, 11) is 0. The topological polar surface area (TPSA) is 46.5 Å². The van der Waals surface area contributed by atoms with Gasteiger partial charge in [-0.05, 0) is 25.0 Å². The lowest BCUT2D eigenvalue weighted by Crippen LogP contribution is -1.98. The Morgan fingerprint density at radius 3 is 2.81 bits per heavy atom. The Kier molecular flexibility index (Phi) is 4.58. The third-order valence-corrected chi connectivity index (χ3v) is 2.14. The Hall–Kier alpha value is -1.77. The van der Waals surface area contributed by atoms with E-state index in [1.165, 1.54) is 0 Å². The van der Waals surface area contributed by atoms with Gasteiger partial charge in [0.25, 0.3) is 0 Å². The van der Waals surface area contributed by atoms with Gasteiger partial charge in [0.2, 0.25) is 0 Å². The first-order valence-corrected chi connectivity index (χ1v) is 5.27. The van der Waals surface area contributed by atoms with Crippen LogP contribution in [0.3, 0.4) is 0 Å². The second-order valence-corrected chi connectivity index (χ2v) is 3.49. The largest absolute Gasteiger partial charge is 0.504 e. The Morgan fingerprint density at radius 1 is 1.50 bits per heavy atom. The summed E-state index contributed by atoms with van der Waals surface area (Å²) in [6.07, 6.45) is 3.77. The molecule has 3 heteroatoms. The van der Waals surface area contributed by atoms with Crippen LogP contribution in [0.25, 0.3) is 0 Å². The fourth-order valence-electron chi connectivity index (χ4n) is 1.39. The smallest absolute Gasteiger partial charge is 0.161 e. The summed E-state index contributed by atoms with van der Waals surface area (Å²) in [6, 6.07) is 3.19. The molecule has 3 nitrogen and oxygen atoms in total. The molecule has 16 heavy (non-hydrogen) atoms. The predicted octanol–water partition coefficient (Wildman–Crippen LogP) is 2.72. The van der Waals surface area contributed by atoms with Crippen LogP contribution in [0.4, 0.5) is 0 Å². The number of hydrogen-bond acceptors (Lipinski definition) is 3. The number of aldehydes is 1. The van der Waals surface area contributed by atoms with Gasteiger partial charge in [-0.15, -0.1) is 6.58 Å². The van der Waals surface area contributed by atoms with Crippen molar-refractivity contribution in [1.82, 2.24) is 0 Å². The summed E-state index contributed by atoms with van der Waals surface area (Å²) in [5, 5.41) is 9.88. The van der Waals surface area contributed by atoms with Crippen molar-refractivity contribution in [2.75, 3.05) is 6.61 Å². The quantitative estimate of drug-likeness (QED) is 0.592. The molecule has 0 bridgehead atoms. The van der Waals surface area contributed by atoms with E-state index < -0.39 is 0 Å². The maximum absolute atomic E-state index is 10.7. The average molecular weight is 220 g/mol. The maximum Gasteiger partial charge on any atom is 0.161 e. The second-order valence-electron chi connectivity index (χ2n) is 3.49. The normalized spacial score (nSPS) is 9.81. The van der Waals surface area contributed by atoms with Gasteiger partial charge >= 0.3 is 0 Å². The molecule has 1 rings (SSSR count). The van der Waals surface area contributed by atoms with Crippen LogP contribution in [0, 0.1) is 0 Å². The van der Waals surface area contributed by atoms with E-state index in [2.05, 4.69) is 6.58 Å². The van der Waals surface area contributed by atoms with E-state index >= 15 is 0 Å². The van der Waals surface area contributed by atoms with Gasteiger partial charge in [-0.1, -0.05) is 13.0 Å². The zero-order valence-corrected chi connectivity index (χ0v) is 9.40. The van der Waals surface area contributed by atoms with E-state index in [1.807, 2.05) is 6.92 Å². The molecule has 1 aromatic carbocycles. The Labute approximate surface area is 95.4 Å². The van der Waals surface area contributed by atoms with Crippen molar-refractivity contribution in [3.8, 4) is 11.5 Å². The maximum atomic E-state index is 10.7. The van der Waals surface area contributed by atoms with Crippen LogP contribution in [0.1, 0.15) is 29.3 Å². The lowest BCUT2D eigenvalue weighted by atomic mass is 10.1. The number of rotatable bonds is 6. The monoisotopic (exact) mass is 220 g/mol. The number of benzene rings is 1. The molecule has 86 valence electrons. The number of carbonyl (C=O) groups is 1. The van der Waals surface area contributed by atoms with Gasteiger partial charge in [0.05, 0.1) is 6.61 Å². The number of ether oxygens (including phenoxy) is 1. The molecule has 0 radical (unpaired) electrons. The van der Waals surface area contributed by atoms with Crippen LogP contribution in [-0.4, -0.2) is 18.0 Å². The van der Waals surface area contributed by atoms with Crippen LogP contribution in [0.5, 0.6) is 11.5 Å². The fraction of sp³-hybridized carbons (Fsp3) is 0.308. The second kappa shape index (κ2) is 5.95. The van der Waals surface area contributed by atoms with Crippen molar-refractivity contribution in [3.63, 3.8) is 0 Å². The molecule has 0 fully saturated rings. The lowest BCUT2D eigenvalue weighted by Gasteiger charge is -2.10. The molecule has 0 unspecified atom stereocenters. The standard InChI is InChI=1S/C13H16O3/c1-3-5-11-7-10(9-14)8-12(13(11)15)16-6-4-2/h3,7-9,15H,1,4-6H2,2H3. The molecular formula is C13H16O3. The first kappa shape index (κ1) is 12.3. The molecule has 0 aliphatic rings. The van der Waals surface area contributed by atoms with Gasteiger partial charge in [0.1, 0.15) is 6.29 Å². The molecule has 0 saturated carbocycles. The third kappa shape index (κ3) is 2.86. The number of hydrogen-bond donors (Lipinski definition) is 1. The summed E-state index contributed by atoms with van der Waals surface area (Å²) in [6.45, 7) is 6.10. The van der Waals surface area contributed by atoms with Crippen LogP contribution in [-0.2, 0) is 6.42 Å². The molecule has 0 saturated heterocycles. The minimum Gasteiger partial charge on any atom is -0.504 e. The average Bonchev–Trinajstić information content (AvgIpc) is 2.30. The highest BCUT2D eigenvalue weighted by Gasteiger charge is 2.09. The number of phenols is 1. The number of allylic oxidation sites excluding steroid dienone is 1. The molecule has 0 atom stereocenters. The summed E-state index contributed by atoms with van der Waals surface area (Å²) in [5.74, 6) is 0.460. The fourth-order valence-corrected chi connectivity index (χ4v) is 1.39. The minimum absolute atomic E-state index is 0.0963. The number of phenolic OH excluding ortho intramolecular Hbond substituents is 1. The third-order valence-electron chi connectivity index (χ3n) is 2.14. The highest BCUT2D eigenvalue weighted by atomic mass is 16.5. The van der Waals surface area contributed by atoms with Gasteiger partial charge in [-0.25, -0.2) is 0 Å². The molecule has 0 aromatic heterocycles. The number of carbonyl (C=O) groups excluding carboxylic acids is 1. The van der Waals surface area contributed by atoms with E-state index in [0.717, 1.165) is 12.7 Å². The number of aromatic hydroxyl groups is 1. The van der Waals surface area contributed by atoms with Gasteiger partial charge in [0, 0.05) is 11.1 Å². The summed E-state index contributed by atoms with van der Waals surface area (Å²) < 4.78 is 5.37. The molecule has 0 aliphatic heterocycles. The zero-order valence-electron chi connectivity index (χ0n) is 9.40. The first-order valence-electron chi connectivity index (χ1n) is 5.27. The van der Waals surface area contributed by atoms with Crippen LogP contribution in [0.2, 0.25) is 0 Å². The molecule has 0 heterocycles. The summed E-state index contributed by atoms with van der Waals surface area (Å²) in [5.41, 5.74) is 1.16. The van der Waals surface area contributed by atoms with E-state index in [4.69, 9.17) is 4.74 Å². The van der Waals surface area contributed by atoms with Crippen molar-refractivity contribution < 1.29 is 14.6 Å². The van der Waals surface area contributed by atoms with E-state index in [1.54, 1.807) is 18.2 Å². The van der Waals surface area contributed by atoms with Crippen molar-refractivity contribution in [2.45, 2.75) is 19.8 Å². The lowest BCUT2D eigenvalue weighted by molar-refractivity contribution is 0.112. The molecule has 1 N–H and O–H groups in total. The molecular weight excluding hydrogens is 204 g/mol. The molecule has 1 aromatic rings. The summed E-state index contributed by atoms with van der Waals surface area (Å²) >= 11 is 0. The van der Waals surface area contributed by atoms with E-state index in [9.17, 15) is 9.90 Å². The minimum atomic E-state index is 0.0963. The molecule has 0 aliphatic carbocycles. The van der Waals surface area contributed by atoms with Crippen molar-refractivity contribution in [2.24, 2.45) is 0 Å². The molecule has 0 amide bonds. The van der Waals surface area contributed by atoms with Crippen LogP contribution >= 0.6 is 0 Å². The van der Waals surface area contributed by atoms with Crippen LogP contribution < -0.4 is 4.74 Å². The van der Waals surface area contributed by atoms with Gasteiger partial charge in [0.15, 0.2) is 11.5 Å². The van der Waals surface area contributed by atoms with Crippen LogP contribution in [0.15, 0.2) is 24.8 Å². The van der Waals surface area contributed by atoms with Crippen molar-refractivity contribution in [1.29, 1.82) is 0 Å². The first-order chi connectivity index (χ1) is 7.72. The zero-order chi connectivity index (χ0) is 12.0. The Bertz CT molecular complexity index is 383. The van der Waals surface area contributed by atoms with E-state index in [0.29, 0.717) is 29.9 Å². The van der Waals surface area contributed by atoms with E-state index in [-0.39, 0.29) is 5.75 Å². The predicted molar refractivity (Wildman–Crippen MR) is 63.2 cm³/mol. The van der Waals surface area contributed by atoms with Gasteiger partial charge < -0.3 is 9.84 Å². The highest BCUT2D eigenvalue weighted by molar-refractivity contribution is 5.77. The van der Waals surface area contributed by atoms with Gasteiger partial charge in [-0.2, -0.15) is 0 Å². The van der Waals surface area contributed by atoms with Gasteiger partial charge in [-0.3, -0.25) is 4.79 Å². The molecule has 0 spiro atoms. The Morgan fingerprint density at radius 2 is 2.25 bits per heavy atom.